The van der Waals surface area contributed by atoms with Crippen LogP contribution in [0.1, 0.15) is 22.6 Å². The topological polar surface area (TPSA) is 70.2 Å². The van der Waals surface area contributed by atoms with Crippen LogP contribution in [0, 0.1) is 13.8 Å². The standard InChI is InChI=1S/C17H17N3O3S/c1-11-14(12(2)20(3)19-11)6-7-16(21)22-9-13-10-23-17(18-13)15-5-4-8-24-15/h4-8,10H,9H2,1-3H3. The summed E-state index contributed by atoms with van der Waals surface area (Å²) in [6, 6.07) is 3.85. The molecule has 0 N–H and O–H groups in total. The van der Waals surface area contributed by atoms with Crippen LogP contribution in [0.4, 0.5) is 0 Å². The fraction of sp³-hybridized carbons (Fsp3) is 0.235. The number of aromatic nitrogens is 3. The highest BCUT2D eigenvalue weighted by atomic mass is 32.1. The maximum Gasteiger partial charge on any atom is 0.331 e. The number of ether oxygens (including phenoxy) is 1. The van der Waals surface area contributed by atoms with E-state index < -0.39 is 5.97 Å². The van der Waals surface area contributed by atoms with E-state index in [9.17, 15) is 4.79 Å². The molecule has 0 aliphatic carbocycles. The molecule has 0 aliphatic rings. The van der Waals surface area contributed by atoms with Gasteiger partial charge in [-0.1, -0.05) is 6.07 Å². The Balaban J connectivity index is 1.59. The average molecular weight is 343 g/mol. The van der Waals surface area contributed by atoms with E-state index in [0.29, 0.717) is 11.6 Å². The second-order valence-corrected chi connectivity index (χ2v) is 6.22. The third kappa shape index (κ3) is 3.46. The zero-order valence-electron chi connectivity index (χ0n) is 13.6. The summed E-state index contributed by atoms with van der Waals surface area (Å²) in [5.74, 6) is 0.103. The molecular formula is C17H17N3O3S. The Kier molecular flexibility index (Phi) is 4.61. The van der Waals surface area contributed by atoms with E-state index >= 15 is 0 Å². The summed E-state index contributed by atoms with van der Waals surface area (Å²) < 4.78 is 12.4. The van der Waals surface area contributed by atoms with E-state index in [4.69, 9.17) is 9.15 Å². The molecule has 3 aromatic heterocycles. The van der Waals surface area contributed by atoms with Crippen molar-refractivity contribution in [1.29, 1.82) is 0 Å². The highest BCUT2D eigenvalue weighted by Gasteiger charge is 2.10. The number of oxazole rings is 1. The molecule has 0 bridgehead atoms. The first-order valence-corrected chi connectivity index (χ1v) is 8.26. The molecule has 0 spiro atoms. The summed E-state index contributed by atoms with van der Waals surface area (Å²) in [6.45, 7) is 3.93. The van der Waals surface area contributed by atoms with Crippen LogP contribution >= 0.6 is 11.3 Å². The lowest BCUT2D eigenvalue weighted by Gasteiger charge is -1.98. The minimum absolute atomic E-state index is 0.0725. The molecule has 3 rings (SSSR count). The molecule has 0 radical (unpaired) electrons. The normalized spacial score (nSPS) is 11.3. The Bertz CT molecular complexity index is 875. The summed E-state index contributed by atoms with van der Waals surface area (Å²) in [7, 11) is 1.87. The zero-order chi connectivity index (χ0) is 17.1. The third-order valence-electron chi connectivity index (χ3n) is 3.60. The highest BCUT2D eigenvalue weighted by molar-refractivity contribution is 7.13. The number of hydrogen-bond acceptors (Lipinski definition) is 6. The lowest BCUT2D eigenvalue weighted by Crippen LogP contribution is -2.01. The van der Waals surface area contributed by atoms with Crippen LogP contribution in [0.25, 0.3) is 16.8 Å². The summed E-state index contributed by atoms with van der Waals surface area (Å²) in [5.41, 5.74) is 3.37. The Labute approximate surface area is 143 Å². The minimum Gasteiger partial charge on any atom is -0.456 e. The van der Waals surface area contributed by atoms with Gasteiger partial charge in [0.25, 0.3) is 0 Å². The number of aryl methyl sites for hydroxylation is 2. The van der Waals surface area contributed by atoms with Gasteiger partial charge in [0.05, 0.1) is 10.6 Å². The van der Waals surface area contributed by atoms with Crippen LogP contribution in [-0.4, -0.2) is 20.7 Å². The molecule has 6 nitrogen and oxygen atoms in total. The van der Waals surface area contributed by atoms with Gasteiger partial charge in [-0.25, -0.2) is 9.78 Å². The van der Waals surface area contributed by atoms with Gasteiger partial charge in [-0.3, -0.25) is 4.68 Å². The largest absolute Gasteiger partial charge is 0.456 e. The fourth-order valence-corrected chi connectivity index (χ4v) is 2.92. The number of esters is 1. The Morgan fingerprint density at radius 3 is 2.96 bits per heavy atom. The molecule has 0 atom stereocenters. The predicted octanol–water partition coefficient (Wildman–Crippen LogP) is 3.51. The predicted molar refractivity (Wildman–Crippen MR) is 91.3 cm³/mol. The van der Waals surface area contributed by atoms with Crippen molar-refractivity contribution in [3.63, 3.8) is 0 Å². The molecule has 124 valence electrons. The second-order valence-electron chi connectivity index (χ2n) is 5.27. The first-order valence-electron chi connectivity index (χ1n) is 7.38. The zero-order valence-corrected chi connectivity index (χ0v) is 14.5. The summed E-state index contributed by atoms with van der Waals surface area (Å²) in [5, 5.41) is 6.25. The van der Waals surface area contributed by atoms with Gasteiger partial charge in [0.1, 0.15) is 18.6 Å². The van der Waals surface area contributed by atoms with Gasteiger partial charge in [0.15, 0.2) is 0 Å². The van der Waals surface area contributed by atoms with Crippen molar-refractivity contribution in [2.75, 3.05) is 0 Å². The van der Waals surface area contributed by atoms with E-state index in [2.05, 4.69) is 10.1 Å². The van der Waals surface area contributed by atoms with Crippen LogP contribution in [0.15, 0.2) is 34.3 Å². The van der Waals surface area contributed by atoms with Crippen molar-refractivity contribution in [3.05, 3.63) is 52.5 Å². The van der Waals surface area contributed by atoms with Crippen molar-refractivity contribution in [3.8, 4) is 10.8 Å². The van der Waals surface area contributed by atoms with Crippen LogP contribution in [0.3, 0.4) is 0 Å². The molecule has 0 saturated heterocycles. The molecule has 3 heterocycles. The van der Waals surface area contributed by atoms with E-state index in [1.165, 1.54) is 12.3 Å². The molecule has 0 fully saturated rings. The lowest BCUT2D eigenvalue weighted by atomic mass is 10.2. The number of hydrogen-bond donors (Lipinski definition) is 0. The number of thiophene rings is 1. The molecular weight excluding hydrogens is 326 g/mol. The third-order valence-corrected chi connectivity index (χ3v) is 4.45. The molecule has 3 aromatic rings. The van der Waals surface area contributed by atoms with Gasteiger partial charge in [-0.2, -0.15) is 5.10 Å². The molecule has 0 amide bonds. The second kappa shape index (κ2) is 6.84. The summed E-state index contributed by atoms with van der Waals surface area (Å²) in [6.07, 6.45) is 4.62. The number of rotatable bonds is 5. The van der Waals surface area contributed by atoms with Crippen molar-refractivity contribution in [1.82, 2.24) is 14.8 Å². The smallest absolute Gasteiger partial charge is 0.331 e. The lowest BCUT2D eigenvalue weighted by molar-refractivity contribution is -0.139. The van der Waals surface area contributed by atoms with E-state index in [-0.39, 0.29) is 6.61 Å². The van der Waals surface area contributed by atoms with Gasteiger partial charge in [0, 0.05) is 24.4 Å². The van der Waals surface area contributed by atoms with Crippen LogP contribution in [0.2, 0.25) is 0 Å². The molecule has 24 heavy (non-hydrogen) atoms. The number of carbonyl (C=O) groups excluding carboxylic acids is 1. The molecule has 0 aromatic carbocycles. The fourth-order valence-electron chi connectivity index (χ4n) is 2.26. The van der Waals surface area contributed by atoms with Crippen molar-refractivity contribution in [2.45, 2.75) is 20.5 Å². The van der Waals surface area contributed by atoms with Crippen molar-refractivity contribution >= 4 is 23.4 Å². The van der Waals surface area contributed by atoms with Crippen molar-refractivity contribution in [2.24, 2.45) is 7.05 Å². The quantitative estimate of drug-likeness (QED) is 0.524. The average Bonchev–Trinajstić information content (AvgIpc) is 3.27. The van der Waals surface area contributed by atoms with Crippen LogP contribution < -0.4 is 0 Å². The Hall–Kier alpha value is -2.67. The van der Waals surface area contributed by atoms with Crippen LogP contribution in [-0.2, 0) is 23.2 Å². The summed E-state index contributed by atoms with van der Waals surface area (Å²) >= 11 is 1.54. The van der Waals surface area contributed by atoms with Gasteiger partial charge in [0.2, 0.25) is 5.89 Å². The van der Waals surface area contributed by atoms with E-state index in [1.807, 2.05) is 38.4 Å². The minimum atomic E-state index is -0.432. The van der Waals surface area contributed by atoms with Gasteiger partial charge < -0.3 is 9.15 Å². The Morgan fingerprint density at radius 2 is 2.29 bits per heavy atom. The van der Waals surface area contributed by atoms with Gasteiger partial charge >= 0.3 is 5.97 Å². The van der Waals surface area contributed by atoms with Crippen LogP contribution in [0.5, 0.6) is 0 Å². The van der Waals surface area contributed by atoms with Gasteiger partial charge in [-0.05, 0) is 31.4 Å². The molecule has 0 aliphatic heterocycles. The van der Waals surface area contributed by atoms with E-state index in [1.54, 1.807) is 22.1 Å². The highest BCUT2D eigenvalue weighted by Crippen LogP contribution is 2.23. The van der Waals surface area contributed by atoms with Gasteiger partial charge in [-0.15, -0.1) is 11.3 Å². The molecule has 7 heteroatoms. The number of carbonyl (C=O) groups is 1. The van der Waals surface area contributed by atoms with E-state index in [0.717, 1.165) is 21.8 Å². The number of nitrogens with zero attached hydrogens (tertiary/aromatic N) is 3. The maximum absolute atomic E-state index is 11.9. The SMILES string of the molecule is Cc1nn(C)c(C)c1C=CC(=O)OCc1coc(-c2cccs2)n1. The monoisotopic (exact) mass is 343 g/mol. The van der Waals surface area contributed by atoms with Crippen molar-refractivity contribution < 1.29 is 13.9 Å². The Morgan fingerprint density at radius 1 is 1.46 bits per heavy atom. The first-order chi connectivity index (χ1) is 11.5. The first kappa shape index (κ1) is 16.2. The molecule has 0 saturated carbocycles. The summed E-state index contributed by atoms with van der Waals surface area (Å²) in [4.78, 5) is 17.1. The maximum atomic E-state index is 11.9. The molecule has 0 unspecified atom stereocenters.